The van der Waals surface area contributed by atoms with E-state index in [1.807, 2.05) is 38.1 Å². The van der Waals surface area contributed by atoms with Crippen LogP contribution in [0.25, 0.3) is 0 Å². The summed E-state index contributed by atoms with van der Waals surface area (Å²) in [7, 11) is 3.92. The van der Waals surface area contributed by atoms with Gasteiger partial charge >= 0.3 is 0 Å². The van der Waals surface area contributed by atoms with Crippen molar-refractivity contribution < 1.29 is 19.1 Å². The second kappa shape index (κ2) is 16.7. The molecule has 0 unspecified atom stereocenters. The van der Waals surface area contributed by atoms with Crippen molar-refractivity contribution in [3.63, 3.8) is 0 Å². The molecule has 46 heavy (non-hydrogen) atoms. The minimum atomic E-state index is -0.591. The van der Waals surface area contributed by atoms with E-state index >= 15 is 0 Å². The molecule has 1 fully saturated rings. The van der Waals surface area contributed by atoms with E-state index in [-0.39, 0.29) is 30.4 Å². The molecule has 2 aromatic rings. The standard InChI is InChI=1S/C35H53N7O4/c1-25(2)14-20-41(5)34-38-23-28(29(40-34)12-10-18-36-4)32(44)42-21-16-35(17-22-42)15-8-9-19-37-31(43)27-11-6-7-13-30(27)46-24-26(3)39-33(35)45/h6-7,11,13,23,25-26,36H,8-10,12,14-22,24H2,1-5H3,(H,37,43)(H,39,45)/t26-/m1/s1. The van der Waals surface area contributed by atoms with Crippen molar-refractivity contribution in [1.29, 1.82) is 0 Å². The minimum absolute atomic E-state index is 0.00922. The molecular weight excluding hydrogens is 582 g/mol. The number of benzene rings is 1. The third kappa shape index (κ3) is 9.18. The van der Waals surface area contributed by atoms with Gasteiger partial charge in [-0.3, -0.25) is 14.4 Å². The van der Waals surface area contributed by atoms with Gasteiger partial charge in [0.25, 0.3) is 11.8 Å². The molecule has 0 radical (unpaired) electrons. The molecule has 1 atom stereocenters. The van der Waals surface area contributed by atoms with Gasteiger partial charge in [-0.15, -0.1) is 0 Å². The molecule has 0 bridgehead atoms. The Bertz CT molecular complexity index is 1330. The number of likely N-dealkylation sites (tertiary alicyclic amines) is 1. The van der Waals surface area contributed by atoms with E-state index in [2.05, 4.69) is 39.7 Å². The largest absolute Gasteiger partial charge is 0.491 e. The molecule has 1 spiro atoms. The molecule has 0 aliphatic carbocycles. The van der Waals surface area contributed by atoms with E-state index in [0.717, 1.165) is 44.5 Å². The van der Waals surface area contributed by atoms with Gasteiger partial charge in [0.15, 0.2) is 0 Å². The first-order valence-electron chi connectivity index (χ1n) is 17.0. The molecule has 252 valence electrons. The van der Waals surface area contributed by atoms with E-state index in [1.165, 1.54) is 0 Å². The monoisotopic (exact) mass is 635 g/mol. The number of piperidine rings is 1. The van der Waals surface area contributed by atoms with Crippen molar-refractivity contribution in [1.82, 2.24) is 30.8 Å². The molecule has 0 saturated carbocycles. The Labute approximate surface area is 274 Å². The van der Waals surface area contributed by atoms with Gasteiger partial charge in [-0.05, 0) is 83.5 Å². The molecule has 3 amide bonds. The lowest BCUT2D eigenvalue weighted by atomic mass is 9.73. The van der Waals surface area contributed by atoms with Gasteiger partial charge in [-0.1, -0.05) is 32.4 Å². The first kappa shape index (κ1) is 35.1. The van der Waals surface area contributed by atoms with Crippen LogP contribution in [-0.2, 0) is 11.2 Å². The summed E-state index contributed by atoms with van der Waals surface area (Å²) in [6.45, 7) is 9.71. The van der Waals surface area contributed by atoms with E-state index in [0.29, 0.717) is 74.1 Å². The zero-order valence-corrected chi connectivity index (χ0v) is 28.4. The summed E-state index contributed by atoms with van der Waals surface area (Å²) in [4.78, 5) is 54.0. The number of fused-ring (bicyclic) bond motifs is 1. The van der Waals surface area contributed by atoms with Crippen LogP contribution in [0.15, 0.2) is 30.5 Å². The maximum atomic E-state index is 13.9. The number of aromatic nitrogens is 2. The Morgan fingerprint density at radius 3 is 2.67 bits per heavy atom. The van der Waals surface area contributed by atoms with E-state index in [1.54, 1.807) is 18.3 Å². The van der Waals surface area contributed by atoms with E-state index in [9.17, 15) is 14.4 Å². The molecule has 11 nitrogen and oxygen atoms in total. The maximum absolute atomic E-state index is 13.9. The maximum Gasteiger partial charge on any atom is 0.257 e. The SMILES string of the molecule is CNCCCc1nc(N(C)CCC(C)C)ncc1C(=O)N1CCC2(CCCCNC(=O)c3ccccc3OC[C@@H](C)NC2=O)CC1. The van der Waals surface area contributed by atoms with Gasteiger partial charge in [0.05, 0.1) is 28.3 Å². The Morgan fingerprint density at radius 1 is 1.17 bits per heavy atom. The number of carbonyl (C=O) groups is 3. The highest BCUT2D eigenvalue weighted by Crippen LogP contribution is 2.38. The zero-order valence-electron chi connectivity index (χ0n) is 28.4. The van der Waals surface area contributed by atoms with Crippen LogP contribution in [0.5, 0.6) is 5.75 Å². The summed E-state index contributed by atoms with van der Waals surface area (Å²) in [6.07, 6.45) is 7.65. The van der Waals surface area contributed by atoms with Crippen LogP contribution >= 0.6 is 0 Å². The number of amides is 3. The van der Waals surface area contributed by atoms with Gasteiger partial charge < -0.3 is 30.5 Å². The zero-order chi connectivity index (χ0) is 33.1. The summed E-state index contributed by atoms with van der Waals surface area (Å²) < 4.78 is 5.98. The number of ether oxygens (including phenoxy) is 1. The summed E-state index contributed by atoms with van der Waals surface area (Å²) in [6, 6.07) is 6.93. The van der Waals surface area contributed by atoms with Crippen molar-refractivity contribution in [3.8, 4) is 5.75 Å². The topological polar surface area (TPSA) is 129 Å². The summed E-state index contributed by atoms with van der Waals surface area (Å²) in [5.74, 6) is 1.50. The first-order valence-corrected chi connectivity index (χ1v) is 17.0. The Hall–Kier alpha value is -3.73. The van der Waals surface area contributed by atoms with Crippen LogP contribution in [0.3, 0.4) is 0 Å². The minimum Gasteiger partial charge on any atom is -0.491 e. The van der Waals surface area contributed by atoms with E-state index in [4.69, 9.17) is 9.72 Å². The Balaban J connectivity index is 1.46. The molecule has 11 heteroatoms. The predicted molar refractivity (Wildman–Crippen MR) is 180 cm³/mol. The first-order chi connectivity index (χ1) is 22.1. The number of nitrogens with zero attached hydrogens (tertiary/aromatic N) is 4. The number of anilines is 1. The molecule has 2 aliphatic heterocycles. The van der Waals surface area contributed by atoms with Gasteiger partial charge in [0.1, 0.15) is 12.4 Å². The van der Waals surface area contributed by atoms with Crippen LogP contribution in [0.1, 0.15) is 92.1 Å². The fourth-order valence-corrected chi connectivity index (χ4v) is 6.14. The van der Waals surface area contributed by atoms with Gasteiger partial charge in [-0.2, -0.15) is 0 Å². The lowest BCUT2D eigenvalue weighted by molar-refractivity contribution is -0.135. The predicted octanol–water partition coefficient (Wildman–Crippen LogP) is 3.83. The highest BCUT2D eigenvalue weighted by Gasteiger charge is 2.42. The number of para-hydroxylation sites is 1. The average molecular weight is 636 g/mol. The summed E-state index contributed by atoms with van der Waals surface area (Å²) in [5.41, 5.74) is 1.22. The fraction of sp³-hybridized carbons (Fsp3) is 0.629. The molecule has 4 rings (SSSR count). The summed E-state index contributed by atoms with van der Waals surface area (Å²) >= 11 is 0. The van der Waals surface area contributed by atoms with Crippen molar-refractivity contribution >= 4 is 23.7 Å². The molecule has 3 heterocycles. The Kier molecular flexibility index (Phi) is 12.8. The molecule has 1 saturated heterocycles. The lowest BCUT2D eigenvalue weighted by Crippen LogP contribution is -2.52. The average Bonchev–Trinajstić information content (AvgIpc) is 3.05. The van der Waals surface area contributed by atoms with Crippen LogP contribution < -0.4 is 25.6 Å². The van der Waals surface area contributed by atoms with Crippen LogP contribution in [0.2, 0.25) is 0 Å². The number of hydrogen-bond acceptors (Lipinski definition) is 8. The quantitative estimate of drug-likeness (QED) is 0.355. The Morgan fingerprint density at radius 2 is 1.93 bits per heavy atom. The van der Waals surface area contributed by atoms with Crippen molar-refractivity contribution in [2.45, 2.75) is 78.2 Å². The third-order valence-electron chi connectivity index (χ3n) is 9.16. The molecular formula is C35H53N7O4. The number of hydrogen-bond donors (Lipinski definition) is 3. The summed E-state index contributed by atoms with van der Waals surface area (Å²) in [5, 5.41) is 9.37. The smallest absolute Gasteiger partial charge is 0.257 e. The second-order valence-electron chi connectivity index (χ2n) is 13.3. The lowest BCUT2D eigenvalue weighted by Gasteiger charge is -2.41. The highest BCUT2D eigenvalue weighted by molar-refractivity contribution is 5.97. The van der Waals surface area contributed by atoms with Crippen molar-refractivity contribution in [3.05, 3.63) is 47.3 Å². The number of aryl methyl sites for hydroxylation is 1. The molecule has 1 aromatic heterocycles. The number of carbonyl (C=O) groups excluding carboxylic acids is 3. The number of rotatable bonds is 9. The van der Waals surface area contributed by atoms with Gasteiger partial charge in [-0.25, -0.2) is 9.97 Å². The number of nitrogens with one attached hydrogen (secondary N) is 3. The van der Waals surface area contributed by atoms with Gasteiger partial charge in [0.2, 0.25) is 11.9 Å². The second-order valence-corrected chi connectivity index (χ2v) is 13.3. The fourth-order valence-electron chi connectivity index (χ4n) is 6.14. The molecule has 3 N–H and O–H groups in total. The highest BCUT2D eigenvalue weighted by atomic mass is 16.5. The third-order valence-corrected chi connectivity index (χ3v) is 9.16. The molecule has 2 aliphatic rings. The van der Waals surface area contributed by atoms with Crippen molar-refractivity contribution in [2.75, 3.05) is 58.3 Å². The van der Waals surface area contributed by atoms with Crippen LogP contribution in [-0.4, -0.2) is 92.1 Å². The van der Waals surface area contributed by atoms with Gasteiger partial charge in [0, 0.05) is 39.4 Å². The van der Waals surface area contributed by atoms with Crippen LogP contribution in [0.4, 0.5) is 5.95 Å². The van der Waals surface area contributed by atoms with Crippen LogP contribution in [0, 0.1) is 11.3 Å². The van der Waals surface area contributed by atoms with Crippen molar-refractivity contribution in [2.24, 2.45) is 11.3 Å². The molecule has 1 aromatic carbocycles. The normalized spacial score (nSPS) is 19.1. The van der Waals surface area contributed by atoms with E-state index < -0.39 is 5.41 Å².